The van der Waals surface area contributed by atoms with Gasteiger partial charge in [0.15, 0.2) is 0 Å². The number of sulfonamides is 1. The summed E-state index contributed by atoms with van der Waals surface area (Å²) in [5.41, 5.74) is 1.00. The first kappa shape index (κ1) is 31.4. The molecular formula is C33H34N6O5S. The Bertz CT molecular complexity index is 1910. The zero-order valence-electron chi connectivity index (χ0n) is 24.9. The number of benzene rings is 3. The molecular weight excluding hydrogens is 592 g/mol. The van der Waals surface area contributed by atoms with Crippen LogP contribution in [0.3, 0.4) is 0 Å². The number of unbranched alkanes of at least 4 members (excludes halogenated alkanes) is 1. The molecule has 3 aromatic carbocycles. The van der Waals surface area contributed by atoms with E-state index < -0.39 is 27.6 Å². The molecule has 0 saturated heterocycles. The molecule has 0 bridgehead atoms. The van der Waals surface area contributed by atoms with E-state index in [0.717, 1.165) is 11.1 Å². The van der Waals surface area contributed by atoms with Gasteiger partial charge in [0.05, 0.1) is 22.2 Å². The smallest absolute Gasteiger partial charge is 0.345 e. The van der Waals surface area contributed by atoms with Crippen molar-refractivity contribution in [3.63, 3.8) is 0 Å². The number of carboxylic acid groups (broad SMARTS) is 1. The van der Waals surface area contributed by atoms with Gasteiger partial charge in [-0.3, -0.25) is 9.89 Å². The molecule has 0 fully saturated rings. The normalized spacial score (nSPS) is 12.8. The number of hydrogen-bond donors (Lipinski definition) is 5. The third kappa shape index (κ3) is 7.03. The number of pyridine rings is 1. The predicted molar refractivity (Wildman–Crippen MR) is 172 cm³/mol. The minimum absolute atomic E-state index is 0.0455. The number of carbonyl (C=O) groups excluding carboxylic acids is 1. The van der Waals surface area contributed by atoms with E-state index in [1.54, 1.807) is 56.4 Å². The van der Waals surface area contributed by atoms with E-state index in [-0.39, 0.29) is 23.3 Å². The monoisotopic (exact) mass is 626 g/mol. The van der Waals surface area contributed by atoms with E-state index in [0.29, 0.717) is 40.8 Å². The number of amides is 1. The number of fused-ring (bicyclic) bond motifs is 1. The number of aromatic nitrogens is 3. The molecule has 0 aliphatic heterocycles. The number of carbonyl (C=O) groups is 2. The summed E-state index contributed by atoms with van der Waals surface area (Å²) in [5, 5.41) is 23.5. The van der Waals surface area contributed by atoms with E-state index in [2.05, 4.69) is 30.5 Å². The number of nitrogens with one attached hydrogen (secondary N) is 4. The lowest BCUT2D eigenvalue weighted by Crippen LogP contribution is -2.65. The van der Waals surface area contributed by atoms with Crippen molar-refractivity contribution in [2.75, 3.05) is 11.9 Å². The lowest BCUT2D eigenvalue weighted by Gasteiger charge is -2.32. The predicted octanol–water partition coefficient (Wildman–Crippen LogP) is 5.01. The maximum absolute atomic E-state index is 14.0. The SMILES string of the molecule is Cc1cc(-c2ccccc2)cc(C)c1S(=O)(=O)NC(CCCCNc1ccccn1)(NC(=O)c1cccc2[nH]ncc12)C(=O)O. The molecule has 5 aromatic rings. The minimum atomic E-state index is -4.46. The highest BCUT2D eigenvalue weighted by Crippen LogP contribution is 2.29. The summed E-state index contributed by atoms with van der Waals surface area (Å²) in [6.07, 6.45) is 3.62. The highest BCUT2D eigenvalue weighted by Gasteiger charge is 2.44. The van der Waals surface area contributed by atoms with Crippen molar-refractivity contribution in [3.05, 3.63) is 108 Å². The van der Waals surface area contributed by atoms with Crippen LogP contribution in [-0.4, -0.2) is 52.8 Å². The van der Waals surface area contributed by atoms with Crippen molar-refractivity contribution in [3.8, 4) is 11.1 Å². The van der Waals surface area contributed by atoms with Crippen molar-refractivity contribution in [1.29, 1.82) is 0 Å². The van der Waals surface area contributed by atoms with Gasteiger partial charge in [-0.2, -0.15) is 9.82 Å². The van der Waals surface area contributed by atoms with Crippen LogP contribution in [0.5, 0.6) is 0 Å². The van der Waals surface area contributed by atoms with Crippen LogP contribution in [-0.2, 0) is 14.8 Å². The maximum atomic E-state index is 14.0. The summed E-state index contributed by atoms with van der Waals surface area (Å²) in [4.78, 5) is 30.8. The second-order valence-electron chi connectivity index (χ2n) is 10.8. The van der Waals surface area contributed by atoms with E-state index in [4.69, 9.17) is 0 Å². The van der Waals surface area contributed by atoms with E-state index in [1.807, 2.05) is 36.4 Å². The molecule has 0 radical (unpaired) electrons. The Morgan fingerprint density at radius 1 is 0.911 bits per heavy atom. The number of H-pyrrole nitrogens is 1. The summed E-state index contributed by atoms with van der Waals surface area (Å²) >= 11 is 0. The van der Waals surface area contributed by atoms with Crippen molar-refractivity contribution in [2.45, 2.75) is 43.7 Å². The van der Waals surface area contributed by atoms with Gasteiger partial charge >= 0.3 is 5.97 Å². The first-order valence-corrected chi connectivity index (χ1v) is 15.9. The largest absolute Gasteiger partial charge is 0.478 e. The number of aryl methyl sites for hydroxylation is 2. The van der Waals surface area contributed by atoms with Crippen LogP contribution in [0.2, 0.25) is 0 Å². The van der Waals surface area contributed by atoms with Crippen molar-refractivity contribution < 1.29 is 23.1 Å². The molecule has 1 atom stereocenters. The van der Waals surface area contributed by atoms with Gasteiger partial charge in [0.25, 0.3) is 5.91 Å². The number of aliphatic carboxylic acids is 1. The molecule has 232 valence electrons. The summed E-state index contributed by atoms with van der Waals surface area (Å²) in [6, 6.07) is 23.4. The van der Waals surface area contributed by atoms with Crippen LogP contribution in [0, 0.1) is 13.8 Å². The standard InChI is InChI=1S/C33H34N6O5S/c1-22-19-25(24-11-4-3-5-12-24)20-23(2)30(22)45(43,44)39-33(32(41)42,16-7-9-18-35-29-15-6-8-17-34-29)37-31(40)26-13-10-14-28-27(26)21-36-38-28/h3-6,8,10-15,17,19-21,39H,7,9,16,18H2,1-2H3,(H,34,35)(H,36,38)(H,37,40)(H,41,42). The summed E-state index contributed by atoms with van der Waals surface area (Å²) < 4.78 is 30.5. The second-order valence-corrected chi connectivity index (χ2v) is 12.4. The summed E-state index contributed by atoms with van der Waals surface area (Å²) in [5.74, 6) is -1.63. The van der Waals surface area contributed by atoms with Crippen molar-refractivity contribution >= 4 is 38.6 Å². The average Bonchev–Trinajstić information content (AvgIpc) is 3.50. The van der Waals surface area contributed by atoms with Gasteiger partial charge < -0.3 is 15.7 Å². The Morgan fingerprint density at radius 3 is 2.33 bits per heavy atom. The molecule has 2 aromatic heterocycles. The van der Waals surface area contributed by atoms with E-state index in [1.165, 1.54) is 12.3 Å². The first-order valence-electron chi connectivity index (χ1n) is 14.4. The number of hydrogen-bond acceptors (Lipinski definition) is 7. The highest BCUT2D eigenvalue weighted by atomic mass is 32.2. The molecule has 0 spiro atoms. The first-order chi connectivity index (χ1) is 21.6. The van der Waals surface area contributed by atoms with Gasteiger partial charge in [-0.05, 0) is 79.6 Å². The molecule has 45 heavy (non-hydrogen) atoms. The fraction of sp³-hybridized carbons (Fsp3) is 0.212. The van der Waals surface area contributed by atoms with Crippen LogP contribution in [0.4, 0.5) is 5.82 Å². The molecule has 5 rings (SSSR count). The topological polar surface area (TPSA) is 166 Å². The Morgan fingerprint density at radius 2 is 1.64 bits per heavy atom. The number of rotatable bonds is 13. The molecule has 12 heteroatoms. The lowest BCUT2D eigenvalue weighted by molar-refractivity contribution is -0.145. The molecule has 1 amide bonds. The fourth-order valence-electron chi connectivity index (χ4n) is 5.42. The third-order valence-electron chi connectivity index (χ3n) is 7.52. The van der Waals surface area contributed by atoms with Gasteiger partial charge in [0.1, 0.15) is 5.82 Å². The van der Waals surface area contributed by atoms with Gasteiger partial charge in [-0.1, -0.05) is 54.6 Å². The molecule has 5 N–H and O–H groups in total. The van der Waals surface area contributed by atoms with Crippen LogP contribution < -0.4 is 15.4 Å². The second kappa shape index (κ2) is 13.3. The Labute approximate surface area is 261 Å². The number of carboxylic acids is 1. The summed E-state index contributed by atoms with van der Waals surface area (Å²) in [6.45, 7) is 3.79. The molecule has 1 unspecified atom stereocenters. The number of anilines is 1. The molecule has 0 aliphatic carbocycles. The van der Waals surface area contributed by atoms with E-state index in [9.17, 15) is 23.1 Å². The lowest BCUT2D eigenvalue weighted by atomic mass is 10.0. The molecule has 11 nitrogen and oxygen atoms in total. The molecule has 2 heterocycles. The van der Waals surface area contributed by atoms with Crippen molar-refractivity contribution in [1.82, 2.24) is 25.2 Å². The Balaban J connectivity index is 1.46. The number of nitrogens with zero attached hydrogens (tertiary/aromatic N) is 2. The maximum Gasteiger partial charge on any atom is 0.345 e. The van der Waals surface area contributed by atoms with Gasteiger partial charge in [-0.15, -0.1) is 0 Å². The fourth-order valence-corrected chi connectivity index (χ4v) is 7.19. The van der Waals surface area contributed by atoms with Crippen LogP contribution in [0.15, 0.2) is 96.2 Å². The third-order valence-corrected chi connectivity index (χ3v) is 9.31. The van der Waals surface area contributed by atoms with Gasteiger partial charge in [0, 0.05) is 18.1 Å². The molecule has 0 aliphatic rings. The van der Waals surface area contributed by atoms with Crippen LogP contribution in [0.1, 0.15) is 40.7 Å². The van der Waals surface area contributed by atoms with E-state index >= 15 is 0 Å². The van der Waals surface area contributed by atoms with Gasteiger partial charge in [-0.25, -0.2) is 18.2 Å². The Hall–Kier alpha value is -5.07. The summed E-state index contributed by atoms with van der Waals surface area (Å²) in [7, 11) is -4.46. The van der Waals surface area contributed by atoms with Gasteiger partial charge in [0.2, 0.25) is 15.7 Å². The molecule has 0 saturated carbocycles. The zero-order valence-corrected chi connectivity index (χ0v) is 25.7. The highest BCUT2D eigenvalue weighted by molar-refractivity contribution is 7.89. The zero-order chi connectivity index (χ0) is 32.0. The quantitative estimate of drug-likeness (QED) is 0.0898. The number of aromatic amines is 1. The average molecular weight is 627 g/mol. The van der Waals surface area contributed by atoms with Crippen molar-refractivity contribution in [2.24, 2.45) is 0 Å². The van der Waals surface area contributed by atoms with Crippen LogP contribution in [0.25, 0.3) is 22.0 Å². The minimum Gasteiger partial charge on any atom is -0.478 e. The Kier molecular flexibility index (Phi) is 9.26. The van der Waals surface area contributed by atoms with Crippen LogP contribution >= 0.6 is 0 Å².